The Morgan fingerprint density at radius 1 is 1.06 bits per heavy atom. The zero-order valence-corrected chi connectivity index (χ0v) is 9.29. The monoisotopic (exact) mass is 229 g/mol. The minimum absolute atomic E-state index is 0.180. The van der Waals surface area contributed by atoms with E-state index < -0.39 is 5.97 Å². The Morgan fingerprint density at radius 3 is 2.41 bits per heavy atom. The van der Waals surface area contributed by atoms with Crippen LogP contribution in [0.3, 0.4) is 0 Å². The molecule has 17 heavy (non-hydrogen) atoms. The highest BCUT2D eigenvalue weighted by Gasteiger charge is 2.11. The molecule has 0 N–H and O–H groups in total. The Labute approximate surface area is 98.4 Å². The maximum atomic E-state index is 12.0. The van der Waals surface area contributed by atoms with Crippen molar-refractivity contribution in [1.82, 2.24) is 4.57 Å². The molecule has 4 heteroatoms. The maximum absolute atomic E-state index is 12.0. The third-order valence-electron chi connectivity index (χ3n) is 2.37. The summed E-state index contributed by atoms with van der Waals surface area (Å²) >= 11 is 0. The number of ether oxygens (including phenoxy) is 1. The van der Waals surface area contributed by atoms with Crippen LogP contribution in [-0.2, 0) is 4.74 Å². The van der Waals surface area contributed by atoms with Gasteiger partial charge in [-0.15, -0.1) is 0 Å². The van der Waals surface area contributed by atoms with Gasteiger partial charge in [-0.25, -0.2) is 4.79 Å². The second kappa shape index (κ2) is 4.65. The van der Waals surface area contributed by atoms with Crippen molar-refractivity contribution in [3.63, 3.8) is 0 Å². The van der Waals surface area contributed by atoms with E-state index in [9.17, 15) is 9.59 Å². The highest BCUT2D eigenvalue weighted by atomic mass is 16.5. The number of benzene rings is 1. The summed E-state index contributed by atoms with van der Waals surface area (Å²) in [5.41, 5.74) is 0.927. The molecule has 0 aliphatic heterocycles. The van der Waals surface area contributed by atoms with E-state index in [0.717, 1.165) is 0 Å². The Balaban J connectivity index is 2.27. The predicted octanol–water partition coefficient (Wildman–Crippen LogP) is 1.96. The molecule has 0 aliphatic rings. The van der Waals surface area contributed by atoms with Gasteiger partial charge in [0.2, 0.25) is 0 Å². The molecule has 0 spiro atoms. The number of hydrogen-bond donors (Lipinski definition) is 0. The van der Waals surface area contributed by atoms with Gasteiger partial charge in [-0.05, 0) is 18.2 Å². The second-order valence-electron chi connectivity index (χ2n) is 3.47. The molecule has 2 aromatic rings. The highest BCUT2D eigenvalue weighted by Crippen LogP contribution is 2.07. The standard InChI is InChI=1S/C13H11NO3/c1-17-13(16)11-7-8-14(9-11)12(15)10-5-3-2-4-6-10/h2-9H,1H3. The first-order valence-corrected chi connectivity index (χ1v) is 5.08. The molecule has 1 aromatic heterocycles. The Hall–Kier alpha value is -2.36. The lowest BCUT2D eigenvalue weighted by Crippen LogP contribution is -2.09. The predicted molar refractivity (Wildman–Crippen MR) is 61.9 cm³/mol. The van der Waals surface area contributed by atoms with Crippen molar-refractivity contribution in [2.24, 2.45) is 0 Å². The van der Waals surface area contributed by atoms with Crippen LogP contribution >= 0.6 is 0 Å². The van der Waals surface area contributed by atoms with E-state index in [2.05, 4.69) is 4.74 Å². The Bertz CT molecular complexity index is 543. The summed E-state index contributed by atoms with van der Waals surface area (Å²) in [4.78, 5) is 23.2. The Kier molecular flexibility index (Phi) is 3.05. The minimum atomic E-state index is -0.454. The van der Waals surface area contributed by atoms with Crippen molar-refractivity contribution >= 4 is 11.9 Å². The lowest BCUT2D eigenvalue weighted by molar-refractivity contribution is 0.0601. The molecule has 86 valence electrons. The van der Waals surface area contributed by atoms with Crippen molar-refractivity contribution in [1.29, 1.82) is 0 Å². The number of methoxy groups -OCH3 is 1. The summed E-state index contributed by atoms with van der Waals surface area (Å²) in [5.74, 6) is -0.634. The molecule has 1 aromatic carbocycles. The molecule has 0 fully saturated rings. The van der Waals surface area contributed by atoms with Gasteiger partial charge in [-0.3, -0.25) is 9.36 Å². The molecule has 0 bridgehead atoms. The van der Waals surface area contributed by atoms with E-state index in [4.69, 9.17) is 0 Å². The van der Waals surface area contributed by atoms with Crippen LogP contribution in [0.5, 0.6) is 0 Å². The average Bonchev–Trinajstić information content (AvgIpc) is 2.87. The van der Waals surface area contributed by atoms with Gasteiger partial charge in [0.25, 0.3) is 5.91 Å². The quantitative estimate of drug-likeness (QED) is 0.739. The van der Waals surface area contributed by atoms with Crippen LogP contribution in [0.25, 0.3) is 0 Å². The summed E-state index contributed by atoms with van der Waals surface area (Å²) in [7, 11) is 1.30. The van der Waals surface area contributed by atoms with Gasteiger partial charge in [0.05, 0.1) is 12.7 Å². The van der Waals surface area contributed by atoms with Crippen molar-refractivity contribution in [2.75, 3.05) is 7.11 Å². The maximum Gasteiger partial charge on any atom is 0.339 e. The van der Waals surface area contributed by atoms with Crippen LogP contribution in [0.1, 0.15) is 20.7 Å². The van der Waals surface area contributed by atoms with Crippen LogP contribution in [0, 0.1) is 0 Å². The molecule has 0 radical (unpaired) electrons. The van der Waals surface area contributed by atoms with Crippen LogP contribution in [-0.4, -0.2) is 23.6 Å². The summed E-state index contributed by atoms with van der Waals surface area (Å²) in [5, 5.41) is 0. The number of carbonyl (C=O) groups is 2. The highest BCUT2D eigenvalue weighted by molar-refractivity contribution is 5.97. The number of rotatable bonds is 2. The number of aromatic nitrogens is 1. The fourth-order valence-corrected chi connectivity index (χ4v) is 1.49. The molecule has 0 amide bonds. The molecule has 0 saturated carbocycles. The number of hydrogen-bond acceptors (Lipinski definition) is 3. The molecule has 0 aliphatic carbocycles. The van der Waals surface area contributed by atoms with Gasteiger partial charge in [0.1, 0.15) is 0 Å². The molecule has 4 nitrogen and oxygen atoms in total. The van der Waals surface area contributed by atoms with Gasteiger partial charge in [-0.1, -0.05) is 18.2 Å². The average molecular weight is 229 g/mol. The second-order valence-corrected chi connectivity index (χ2v) is 3.47. The number of esters is 1. The molecule has 0 atom stereocenters. The van der Waals surface area contributed by atoms with Crippen molar-refractivity contribution in [3.8, 4) is 0 Å². The van der Waals surface area contributed by atoms with Crippen LogP contribution in [0.2, 0.25) is 0 Å². The van der Waals surface area contributed by atoms with Gasteiger partial charge >= 0.3 is 5.97 Å². The third-order valence-corrected chi connectivity index (χ3v) is 2.37. The zero-order chi connectivity index (χ0) is 12.3. The number of nitrogens with zero attached hydrogens (tertiary/aromatic N) is 1. The molecule has 0 saturated heterocycles. The van der Waals surface area contributed by atoms with Gasteiger partial charge in [0.15, 0.2) is 0 Å². The first-order valence-electron chi connectivity index (χ1n) is 5.08. The molecule has 2 rings (SSSR count). The summed E-state index contributed by atoms with van der Waals surface area (Å²) in [6.07, 6.45) is 3.00. The lowest BCUT2D eigenvalue weighted by Gasteiger charge is -2.00. The van der Waals surface area contributed by atoms with E-state index in [1.165, 1.54) is 17.9 Å². The third kappa shape index (κ3) is 2.25. The molecular formula is C13H11NO3. The molecule has 0 unspecified atom stereocenters. The van der Waals surface area contributed by atoms with E-state index in [-0.39, 0.29) is 5.91 Å². The topological polar surface area (TPSA) is 48.3 Å². The van der Waals surface area contributed by atoms with Crippen LogP contribution < -0.4 is 0 Å². The minimum Gasteiger partial charge on any atom is -0.465 e. The van der Waals surface area contributed by atoms with Gasteiger partial charge in [-0.2, -0.15) is 0 Å². The van der Waals surface area contributed by atoms with Gasteiger partial charge in [0, 0.05) is 18.0 Å². The lowest BCUT2D eigenvalue weighted by atomic mass is 10.2. The first-order chi connectivity index (χ1) is 8.22. The van der Waals surface area contributed by atoms with E-state index >= 15 is 0 Å². The SMILES string of the molecule is COC(=O)c1ccn(C(=O)c2ccccc2)c1. The van der Waals surface area contributed by atoms with Crippen molar-refractivity contribution < 1.29 is 14.3 Å². The summed E-state index contributed by atoms with van der Waals surface area (Å²) in [6.45, 7) is 0. The Morgan fingerprint density at radius 2 is 1.76 bits per heavy atom. The van der Waals surface area contributed by atoms with Gasteiger partial charge < -0.3 is 4.74 Å². The smallest absolute Gasteiger partial charge is 0.339 e. The fourth-order valence-electron chi connectivity index (χ4n) is 1.49. The largest absolute Gasteiger partial charge is 0.465 e. The van der Waals surface area contributed by atoms with Crippen LogP contribution in [0.15, 0.2) is 48.8 Å². The molecular weight excluding hydrogens is 218 g/mol. The number of carbonyl (C=O) groups excluding carboxylic acids is 2. The zero-order valence-electron chi connectivity index (χ0n) is 9.29. The van der Waals surface area contributed by atoms with Crippen molar-refractivity contribution in [3.05, 3.63) is 59.9 Å². The molecule has 1 heterocycles. The van der Waals surface area contributed by atoms with E-state index in [1.807, 2.05) is 6.07 Å². The summed E-state index contributed by atoms with van der Waals surface area (Å²) < 4.78 is 5.93. The normalized spacial score (nSPS) is 9.94. The first kappa shape index (κ1) is 11.1. The van der Waals surface area contributed by atoms with Crippen molar-refractivity contribution in [2.45, 2.75) is 0 Å². The van der Waals surface area contributed by atoms with E-state index in [0.29, 0.717) is 11.1 Å². The van der Waals surface area contributed by atoms with E-state index in [1.54, 1.807) is 36.5 Å². The van der Waals surface area contributed by atoms with Crippen LogP contribution in [0.4, 0.5) is 0 Å². The summed E-state index contributed by atoms with van der Waals surface area (Å²) in [6, 6.07) is 10.4. The fraction of sp³-hybridized carbons (Fsp3) is 0.0769.